The van der Waals surface area contributed by atoms with Gasteiger partial charge >= 0.3 is 5.97 Å². The number of amides is 1. The molecule has 0 saturated carbocycles. The fourth-order valence-electron chi connectivity index (χ4n) is 3.40. The summed E-state index contributed by atoms with van der Waals surface area (Å²) < 4.78 is 0. The molecule has 2 atom stereocenters. The maximum Gasteiger partial charge on any atom is 0.317 e. The molecule has 1 fully saturated rings. The Morgan fingerprint density at radius 2 is 1.96 bits per heavy atom. The molecule has 1 aromatic carbocycles. The SMILES string of the molecule is CC(CC(=O)N1CCCC(N(C)CC(=O)O)CC1)c1ccccc1. The number of likely N-dealkylation sites (tertiary alicyclic amines) is 1. The van der Waals surface area contributed by atoms with Gasteiger partial charge in [0.15, 0.2) is 0 Å². The third-order valence-electron chi connectivity index (χ3n) is 4.91. The molecule has 1 saturated heterocycles. The van der Waals surface area contributed by atoms with Gasteiger partial charge in [-0.05, 0) is 37.8 Å². The molecule has 24 heavy (non-hydrogen) atoms. The number of likely N-dealkylation sites (N-methyl/N-ethyl adjacent to an activating group) is 1. The molecule has 1 N–H and O–H groups in total. The number of carbonyl (C=O) groups excluding carboxylic acids is 1. The first-order chi connectivity index (χ1) is 11.5. The minimum atomic E-state index is -0.800. The summed E-state index contributed by atoms with van der Waals surface area (Å²) in [6, 6.07) is 10.4. The van der Waals surface area contributed by atoms with E-state index in [1.165, 1.54) is 5.56 Å². The van der Waals surface area contributed by atoms with E-state index in [1.54, 1.807) is 0 Å². The Balaban J connectivity index is 1.86. The van der Waals surface area contributed by atoms with Crippen LogP contribution in [0.15, 0.2) is 30.3 Å². The van der Waals surface area contributed by atoms with E-state index in [0.717, 1.165) is 32.4 Å². The van der Waals surface area contributed by atoms with E-state index in [0.29, 0.717) is 6.42 Å². The summed E-state index contributed by atoms with van der Waals surface area (Å²) in [6.07, 6.45) is 3.25. The minimum Gasteiger partial charge on any atom is -0.480 e. The molecule has 1 amide bonds. The topological polar surface area (TPSA) is 60.9 Å². The van der Waals surface area contributed by atoms with Crippen LogP contribution in [0.25, 0.3) is 0 Å². The van der Waals surface area contributed by atoms with E-state index in [-0.39, 0.29) is 24.4 Å². The lowest BCUT2D eigenvalue weighted by Gasteiger charge is -2.26. The van der Waals surface area contributed by atoms with Gasteiger partial charge in [0.2, 0.25) is 5.91 Å². The second kappa shape index (κ2) is 8.83. The number of aliphatic carboxylic acids is 1. The number of carboxylic acid groups (broad SMARTS) is 1. The molecule has 132 valence electrons. The molecule has 0 bridgehead atoms. The zero-order valence-electron chi connectivity index (χ0n) is 14.6. The van der Waals surface area contributed by atoms with Crippen molar-refractivity contribution in [2.75, 3.05) is 26.7 Å². The molecule has 0 radical (unpaired) electrons. The first kappa shape index (κ1) is 18.5. The number of hydrogen-bond donors (Lipinski definition) is 1. The quantitative estimate of drug-likeness (QED) is 0.870. The lowest BCUT2D eigenvalue weighted by molar-refractivity contribution is -0.138. The van der Waals surface area contributed by atoms with E-state index < -0.39 is 5.97 Å². The number of nitrogens with zero attached hydrogens (tertiary/aromatic N) is 2. The van der Waals surface area contributed by atoms with E-state index in [2.05, 4.69) is 19.1 Å². The maximum atomic E-state index is 12.6. The first-order valence-electron chi connectivity index (χ1n) is 8.72. The standard InChI is InChI=1S/C19H28N2O3/c1-15(16-7-4-3-5-8-16)13-18(22)21-11-6-9-17(10-12-21)20(2)14-19(23)24/h3-5,7-8,15,17H,6,9-14H2,1-2H3,(H,23,24). The van der Waals surface area contributed by atoms with Crippen molar-refractivity contribution in [3.8, 4) is 0 Å². The van der Waals surface area contributed by atoms with E-state index in [1.807, 2.05) is 35.0 Å². The zero-order chi connectivity index (χ0) is 17.5. The highest BCUT2D eigenvalue weighted by atomic mass is 16.4. The lowest BCUT2D eigenvalue weighted by atomic mass is 9.97. The summed E-state index contributed by atoms with van der Waals surface area (Å²) >= 11 is 0. The third kappa shape index (κ3) is 5.34. The van der Waals surface area contributed by atoms with Crippen molar-refractivity contribution in [1.82, 2.24) is 9.80 Å². The van der Waals surface area contributed by atoms with Gasteiger partial charge < -0.3 is 10.0 Å². The van der Waals surface area contributed by atoms with Crippen LogP contribution in [-0.2, 0) is 9.59 Å². The number of carboxylic acids is 1. The Kier molecular flexibility index (Phi) is 6.79. The molecule has 1 aliphatic rings. The van der Waals surface area contributed by atoms with Crippen LogP contribution in [0, 0.1) is 0 Å². The van der Waals surface area contributed by atoms with Crippen molar-refractivity contribution in [3.05, 3.63) is 35.9 Å². The molecule has 5 nitrogen and oxygen atoms in total. The second-order valence-electron chi connectivity index (χ2n) is 6.79. The monoisotopic (exact) mass is 332 g/mol. The van der Waals surface area contributed by atoms with Crippen LogP contribution in [0.5, 0.6) is 0 Å². The first-order valence-corrected chi connectivity index (χ1v) is 8.72. The van der Waals surface area contributed by atoms with Crippen molar-refractivity contribution in [2.24, 2.45) is 0 Å². The molecular formula is C19H28N2O3. The van der Waals surface area contributed by atoms with Gasteiger partial charge in [0.25, 0.3) is 0 Å². The molecule has 1 aromatic rings. The van der Waals surface area contributed by atoms with Crippen LogP contribution in [-0.4, -0.2) is 59.5 Å². The van der Waals surface area contributed by atoms with Crippen molar-refractivity contribution in [2.45, 2.75) is 44.6 Å². The minimum absolute atomic E-state index is 0.0592. The molecule has 1 aliphatic heterocycles. The number of benzene rings is 1. The summed E-state index contributed by atoms with van der Waals surface area (Å²) in [7, 11) is 1.85. The Bertz CT molecular complexity index is 547. The number of carbonyl (C=O) groups is 2. The number of rotatable bonds is 6. The lowest BCUT2D eigenvalue weighted by Crippen LogP contribution is -2.37. The Morgan fingerprint density at radius 1 is 1.25 bits per heavy atom. The Hall–Kier alpha value is -1.88. The van der Waals surface area contributed by atoms with Crippen LogP contribution in [0.3, 0.4) is 0 Å². The average molecular weight is 332 g/mol. The van der Waals surface area contributed by atoms with Gasteiger partial charge in [-0.3, -0.25) is 14.5 Å². The van der Waals surface area contributed by atoms with E-state index >= 15 is 0 Å². The van der Waals surface area contributed by atoms with E-state index in [9.17, 15) is 9.59 Å². The van der Waals surface area contributed by atoms with Gasteiger partial charge in [-0.25, -0.2) is 0 Å². The van der Waals surface area contributed by atoms with Crippen LogP contribution in [0.2, 0.25) is 0 Å². The molecular weight excluding hydrogens is 304 g/mol. The molecule has 2 unspecified atom stereocenters. The van der Waals surface area contributed by atoms with Gasteiger partial charge in [0.1, 0.15) is 0 Å². The van der Waals surface area contributed by atoms with Crippen LogP contribution < -0.4 is 0 Å². The highest BCUT2D eigenvalue weighted by Gasteiger charge is 2.24. The van der Waals surface area contributed by atoms with Crippen LogP contribution >= 0.6 is 0 Å². The highest BCUT2D eigenvalue weighted by Crippen LogP contribution is 2.22. The molecule has 2 rings (SSSR count). The summed E-state index contributed by atoms with van der Waals surface area (Å²) in [4.78, 5) is 27.3. The van der Waals surface area contributed by atoms with Gasteiger partial charge in [-0.1, -0.05) is 37.3 Å². The molecule has 1 heterocycles. The van der Waals surface area contributed by atoms with Crippen molar-refractivity contribution >= 4 is 11.9 Å². The summed E-state index contributed by atoms with van der Waals surface area (Å²) in [6.45, 7) is 3.64. The highest BCUT2D eigenvalue weighted by molar-refractivity contribution is 5.77. The molecule has 0 aliphatic carbocycles. The predicted molar refractivity (Wildman–Crippen MR) is 94.0 cm³/mol. The fourth-order valence-corrected chi connectivity index (χ4v) is 3.40. The third-order valence-corrected chi connectivity index (χ3v) is 4.91. The summed E-state index contributed by atoms with van der Waals surface area (Å²) in [5, 5.41) is 8.93. The summed E-state index contributed by atoms with van der Waals surface area (Å²) in [5.41, 5.74) is 1.19. The zero-order valence-corrected chi connectivity index (χ0v) is 14.6. The number of hydrogen-bond acceptors (Lipinski definition) is 3. The molecule has 5 heteroatoms. The normalized spacial score (nSPS) is 19.8. The molecule has 0 aromatic heterocycles. The van der Waals surface area contributed by atoms with Gasteiger partial charge in [-0.15, -0.1) is 0 Å². The van der Waals surface area contributed by atoms with Crippen molar-refractivity contribution in [3.63, 3.8) is 0 Å². The summed E-state index contributed by atoms with van der Waals surface area (Å²) in [5.74, 6) is -0.383. The molecule has 0 spiro atoms. The maximum absolute atomic E-state index is 12.6. The second-order valence-corrected chi connectivity index (χ2v) is 6.79. The largest absolute Gasteiger partial charge is 0.480 e. The van der Waals surface area contributed by atoms with Crippen LogP contribution in [0.4, 0.5) is 0 Å². The average Bonchev–Trinajstić information content (AvgIpc) is 2.81. The van der Waals surface area contributed by atoms with Gasteiger partial charge in [0.05, 0.1) is 6.54 Å². The van der Waals surface area contributed by atoms with Gasteiger partial charge in [-0.2, -0.15) is 0 Å². The Morgan fingerprint density at radius 3 is 2.62 bits per heavy atom. The fraction of sp³-hybridized carbons (Fsp3) is 0.579. The van der Waals surface area contributed by atoms with E-state index in [4.69, 9.17) is 5.11 Å². The van der Waals surface area contributed by atoms with Crippen molar-refractivity contribution < 1.29 is 14.7 Å². The Labute approximate surface area is 144 Å². The smallest absolute Gasteiger partial charge is 0.317 e. The van der Waals surface area contributed by atoms with Gasteiger partial charge in [0, 0.05) is 25.6 Å². The van der Waals surface area contributed by atoms with Crippen molar-refractivity contribution in [1.29, 1.82) is 0 Å². The predicted octanol–water partition coefficient (Wildman–Crippen LogP) is 2.58. The van der Waals surface area contributed by atoms with Crippen LogP contribution in [0.1, 0.15) is 44.1 Å².